The highest BCUT2D eigenvalue weighted by Gasteiger charge is 2.31. The Hall–Kier alpha value is -1.81. The van der Waals surface area contributed by atoms with E-state index in [0.29, 0.717) is 30.3 Å². The first-order valence-electron chi connectivity index (χ1n) is 7.19. The van der Waals surface area contributed by atoms with Crippen LogP contribution in [0.3, 0.4) is 0 Å². The van der Waals surface area contributed by atoms with Crippen LogP contribution in [0.5, 0.6) is 5.75 Å². The smallest absolute Gasteiger partial charge is 0.190 e. The van der Waals surface area contributed by atoms with Crippen molar-refractivity contribution in [3.63, 3.8) is 0 Å². The number of aromatic nitrogens is 2. The molecule has 1 aromatic carbocycles. The summed E-state index contributed by atoms with van der Waals surface area (Å²) in [5, 5.41) is 4.64. The zero-order chi connectivity index (χ0) is 14.8. The normalized spacial score (nSPS) is 17.1. The average molecular weight is 305 g/mol. The van der Waals surface area contributed by atoms with Gasteiger partial charge in [-0.3, -0.25) is 9.48 Å². The Morgan fingerprint density at radius 1 is 1.48 bits per heavy atom. The molecule has 0 aliphatic carbocycles. The van der Waals surface area contributed by atoms with Gasteiger partial charge in [-0.2, -0.15) is 5.10 Å². The first-order valence-corrected chi connectivity index (χ1v) is 7.57. The number of fused-ring (bicyclic) bond motifs is 1. The Balaban J connectivity index is 1.99. The van der Waals surface area contributed by atoms with Gasteiger partial charge in [0.25, 0.3) is 0 Å². The van der Waals surface area contributed by atoms with E-state index in [4.69, 9.17) is 16.3 Å². The fraction of sp³-hybridized carbons (Fsp3) is 0.375. The van der Waals surface area contributed by atoms with Crippen LogP contribution in [-0.4, -0.2) is 22.2 Å². The van der Waals surface area contributed by atoms with Crippen molar-refractivity contribution in [1.29, 1.82) is 0 Å². The second kappa shape index (κ2) is 5.90. The third kappa shape index (κ3) is 2.56. The molecule has 1 aromatic heterocycles. The van der Waals surface area contributed by atoms with Gasteiger partial charge in [0.15, 0.2) is 5.78 Å². The molecule has 1 atom stereocenters. The third-order valence-corrected chi connectivity index (χ3v) is 4.02. The van der Waals surface area contributed by atoms with E-state index in [2.05, 4.69) is 5.10 Å². The predicted octanol–water partition coefficient (Wildman–Crippen LogP) is 3.70. The molecule has 0 spiro atoms. The van der Waals surface area contributed by atoms with E-state index >= 15 is 0 Å². The van der Waals surface area contributed by atoms with Gasteiger partial charge >= 0.3 is 0 Å². The number of rotatable bonds is 4. The molecule has 3 rings (SSSR count). The van der Waals surface area contributed by atoms with Crippen molar-refractivity contribution < 1.29 is 9.53 Å². The van der Waals surface area contributed by atoms with Gasteiger partial charge in [-0.05, 0) is 18.9 Å². The van der Waals surface area contributed by atoms with Crippen LogP contribution in [0.15, 0.2) is 30.5 Å². The average Bonchev–Trinajstić information content (AvgIpc) is 2.87. The van der Waals surface area contributed by atoms with Crippen LogP contribution < -0.4 is 4.74 Å². The number of aryl methyl sites for hydroxylation is 1. The lowest BCUT2D eigenvalue weighted by molar-refractivity contribution is 0.0922. The van der Waals surface area contributed by atoms with Gasteiger partial charge in [-0.1, -0.05) is 36.7 Å². The number of ether oxygens (including phenoxy) is 1. The molecule has 0 bridgehead atoms. The molecular formula is C16H17ClN2O2. The first-order chi connectivity index (χ1) is 10.2. The van der Waals surface area contributed by atoms with E-state index in [9.17, 15) is 4.79 Å². The number of hydrogen-bond donors (Lipinski definition) is 0. The summed E-state index contributed by atoms with van der Waals surface area (Å²) in [4.78, 5) is 12.9. The third-order valence-electron chi connectivity index (χ3n) is 3.74. The van der Waals surface area contributed by atoms with Crippen molar-refractivity contribution in [1.82, 2.24) is 9.78 Å². The second-order valence-electron chi connectivity index (χ2n) is 5.16. The number of Topliss-reactive ketones (excluding diaryl/α,β-unsaturated/α-hetero) is 1. The maximum absolute atomic E-state index is 12.9. The van der Waals surface area contributed by atoms with Gasteiger partial charge in [0.05, 0.1) is 23.7 Å². The van der Waals surface area contributed by atoms with E-state index in [1.165, 1.54) is 0 Å². The molecule has 0 saturated heterocycles. The van der Waals surface area contributed by atoms with Crippen LogP contribution in [0.25, 0.3) is 0 Å². The number of ketones is 1. The number of para-hydroxylation sites is 1. The van der Waals surface area contributed by atoms with E-state index < -0.39 is 0 Å². The lowest BCUT2D eigenvalue weighted by Crippen LogP contribution is -2.24. The molecule has 110 valence electrons. The Kier molecular flexibility index (Phi) is 3.97. The Morgan fingerprint density at radius 2 is 2.29 bits per heavy atom. The van der Waals surface area contributed by atoms with Crippen molar-refractivity contribution >= 4 is 17.4 Å². The Labute approximate surface area is 128 Å². The molecular weight excluding hydrogens is 288 g/mol. The number of halogens is 1. The minimum atomic E-state index is -0.209. The maximum atomic E-state index is 12.9. The standard InChI is InChI=1S/C16H17ClN2O2/c1-2-8-19-15(13(17)10-18-19)16(20)12-7-9-21-14-6-4-3-5-11(12)14/h3-6,10,12H,2,7-9H2,1H3. The number of nitrogens with zero attached hydrogens (tertiary/aromatic N) is 2. The zero-order valence-electron chi connectivity index (χ0n) is 11.9. The Bertz CT molecular complexity index is 666. The van der Waals surface area contributed by atoms with Crippen molar-refractivity contribution in [2.45, 2.75) is 32.2 Å². The van der Waals surface area contributed by atoms with Crippen molar-refractivity contribution in [2.24, 2.45) is 0 Å². The van der Waals surface area contributed by atoms with E-state index in [1.807, 2.05) is 31.2 Å². The first kappa shape index (κ1) is 14.1. The molecule has 0 radical (unpaired) electrons. The predicted molar refractivity (Wildman–Crippen MR) is 81.2 cm³/mol. The maximum Gasteiger partial charge on any atom is 0.190 e. The van der Waals surface area contributed by atoms with E-state index in [-0.39, 0.29) is 11.7 Å². The molecule has 2 aromatic rings. The fourth-order valence-corrected chi connectivity index (χ4v) is 3.00. The van der Waals surface area contributed by atoms with Crippen LogP contribution in [-0.2, 0) is 6.54 Å². The molecule has 2 heterocycles. The van der Waals surface area contributed by atoms with Crippen LogP contribution >= 0.6 is 11.6 Å². The van der Waals surface area contributed by atoms with Gasteiger partial charge in [-0.15, -0.1) is 0 Å². The van der Waals surface area contributed by atoms with E-state index in [1.54, 1.807) is 10.9 Å². The van der Waals surface area contributed by atoms with Crippen molar-refractivity contribution in [3.05, 3.63) is 46.7 Å². The number of hydrogen-bond acceptors (Lipinski definition) is 3. The van der Waals surface area contributed by atoms with Crippen molar-refractivity contribution in [3.8, 4) is 5.75 Å². The highest BCUT2D eigenvalue weighted by Crippen LogP contribution is 2.36. The topological polar surface area (TPSA) is 44.1 Å². The molecule has 0 amide bonds. The van der Waals surface area contributed by atoms with Gasteiger partial charge < -0.3 is 4.74 Å². The van der Waals surface area contributed by atoms with Crippen LogP contribution in [0.1, 0.15) is 41.7 Å². The summed E-state index contributed by atoms with van der Waals surface area (Å²) in [5.41, 5.74) is 1.45. The quantitative estimate of drug-likeness (QED) is 0.809. The largest absolute Gasteiger partial charge is 0.493 e. The molecule has 1 aliphatic heterocycles. The summed E-state index contributed by atoms with van der Waals surface area (Å²) in [6.07, 6.45) is 3.13. The van der Waals surface area contributed by atoms with E-state index in [0.717, 1.165) is 17.7 Å². The summed E-state index contributed by atoms with van der Waals surface area (Å²) in [6.45, 7) is 3.29. The Morgan fingerprint density at radius 3 is 3.10 bits per heavy atom. The molecule has 4 nitrogen and oxygen atoms in total. The number of benzene rings is 1. The van der Waals surface area contributed by atoms with Crippen LogP contribution in [0.2, 0.25) is 5.02 Å². The molecule has 0 fully saturated rings. The lowest BCUT2D eigenvalue weighted by Gasteiger charge is -2.25. The second-order valence-corrected chi connectivity index (χ2v) is 5.56. The van der Waals surface area contributed by atoms with Crippen LogP contribution in [0.4, 0.5) is 0 Å². The summed E-state index contributed by atoms with van der Waals surface area (Å²) >= 11 is 6.19. The highest BCUT2D eigenvalue weighted by molar-refractivity contribution is 6.33. The summed E-state index contributed by atoms with van der Waals surface area (Å²) in [6, 6.07) is 7.70. The van der Waals surface area contributed by atoms with Gasteiger partial charge in [0.1, 0.15) is 11.4 Å². The molecule has 0 N–H and O–H groups in total. The lowest BCUT2D eigenvalue weighted by atomic mass is 9.88. The molecule has 21 heavy (non-hydrogen) atoms. The molecule has 0 saturated carbocycles. The zero-order valence-corrected chi connectivity index (χ0v) is 12.6. The molecule has 1 aliphatic rings. The highest BCUT2D eigenvalue weighted by atomic mass is 35.5. The minimum Gasteiger partial charge on any atom is -0.493 e. The summed E-state index contributed by atoms with van der Waals surface area (Å²) < 4.78 is 7.33. The van der Waals surface area contributed by atoms with Gasteiger partial charge in [0, 0.05) is 12.1 Å². The summed E-state index contributed by atoms with van der Waals surface area (Å²) in [7, 11) is 0. The fourth-order valence-electron chi connectivity index (χ4n) is 2.77. The number of carbonyl (C=O) groups excluding carboxylic acids is 1. The molecule has 1 unspecified atom stereocenters. The summed E-state index contributed by atoms with van der Waals surface area (Å²) in [5.74, 6) is 0.612. The van der Waals surface area contributed by atoms with Crippen LogP contribution in [0, 0.1) is 0 Å². The minimum absolute atomic E-state index is 0.0294. The van der Waals surface area contributed by atoms with Crippen molar-refractivity contribution in [2.75, 3.05) is 6.61 Å². The molecule has 5 heteroatoms. The van der Waals surface area contributed by atoms with Gasteiger partial charge in [-0.25, -0.2) is 0 Å². The SMILES string of the molecule is CCCn1ncc(Cl)c1C(=O)C1CCOc2ccccc21. The van der Waals surface area contributed by atoms with Gasteiger partial charge in [0.2, 0.25) is 0 Å². The monoisotopic (exact) mass is 304 g/mol. The number of carbonyl (C=O) groups is 1.